The number of carbonyl (C=O) groups excluding carboxylic acids is 2. The molecule has 0 aliphatic carbocycles. The molecule has 0 fully saturated rings. The number of hydrogen-bond acceptors (Lipinski definition) is 4. The standard InChI is InChI=1S/C25H21ClF2I2N3O6P/c1-25(11-14-16(26)5-3-6-17(14)27)22-19(29)9-13(10-20(22)33(30)24(35)32(25)2)23(34)31-12-15-18(28)7-4-8-21(15)39-40(36,37)38/h3-10H,11-12H2,1-2H3,(H,31,34)(H2,36,37,38). The number of likely N-dealkylation sites (N-methyl/N-ethyl adjacent to an activating group) is 1. The number of phosphoric ester groups is 1. The van der Waals surface area contributed by atoms with Gasteiger partial charge in [-0.15, -0.1) is 0 Å². The van der Waals surface area contributed by atoms with Crippen molar-refractivity contribution >= 4 is 82.5 Å². The highest BCUT2D eigenvalue weighted by Gasteiger charge is 2.46. The van der Waals surface area contributed by atoms with E-state index in [0.717, 1.165) is 6.07 Å². The predicted molar refractivity (Wildman–Crippen MR) is 162 cm³/mol. The zero-order valence-corrected chi connectivity index (χ0v) is 26.8. The SMILES string of the molecule is CN1C(=O)N(I)c2cc(C(=O)NCc3c(F)cccc3OP(=O)(O)O)cc(I)c2C1(C)Cc1c(F)cccc1Cl. The van der Waals surface area contributed by atoms with Crippen molar-refractivity contribution in [3.8, 4) is 5.75 Å². The van der Waals surface area contributed by atoms with Gasteiger partial charge in [0.2, 0.25) is 0 Å². The van der Waals surface area contributed by atoms with E-state index in [2.05, 4.69) is 9.84 Å². The van der Waals surface area contributed by atoms with Crippen molar-refractivity contribution in [1.82, 2.24) is 10.2 Å². The Hall–Kier alpha value is -2.04. The largest absolute Gasteiger partial charge is 0.524 e. The van der Waals surface area contributed by atoms with E-state index >= 15 is 0 Å². The second-order valence-corrected chi connectivity index (χ2v) is 12.8. The van der Waals surface area contributed by atoms with E-state index in [9.17, 15) is 22.9 Å². The fraction of sp³-hybridized carbons (Fsp3) is 0.200. The topological polar surface area (TPSA) is 119 Å². The number of anilines is 1. The lowest BCUT2D eigenvalue weighted by Gasteiger charge is -2.47. The molecule has 0 radical (unpaired) electrons. The number of nitrogens with one attached hydrogen (secondary N) is 1. The predicted octanol–water partition coefficient (Wildman–Crippen LogP) is 6.30. The average Bonchev–Trinajstić information content (AvgIpc) is 2.87. The summed E-state index contributed by atoms with van der Waals surface area (Å²) in [5, 5.41) is 2.75. The van der Waals surface area contributed by atoms with Crippen LogP contribution in [0.4, 0.5) is 19.3 Å². The third-order valence-electron chi connectivity index (χ3n) is 6.58. The van der Waals surface area contributed by atoms with Crippen molar-refractivity contribution in [2.45, 2.75) is 25.4 Å². The smallest absolute Gasteiger partial charge is 0.404 e. The Kier molecular flexibility index (Phi) is 9.03. The summed E-state index contributed by atoms with van der Waals surface area (Å²) >= 11 is 10.2. The first-order valence-electron chi connectivity index (χ1n) is 11.5. The fourth-order valence-corrected chi connectivity index (χ4v) is 7.03. The maximum absolute atomic E-state index is 14.8. The molecule has 0 saturated heterocycles. The molecule has 40 heavy (non-hydrogen) atoms. The molecule has 3 aromatic carbocycles. The van der Waals surface area contributed by atoms with E-state index in [1.807, 2.05) is 45.5 Å². The normalized spacial score (nSPS) is 17.1. The molecule has 15 heteroatoms. The van der Waals surface area contributed by atoms with Gasteiger partial charge >= 0.3 is 13.9 Å². The van der Waals surface area contributed by atoms with Crippen molar-refractivity contribution in [3.63, 3.8) is 0 Å². The van der Waals surface area contributed by atoms with Crippen LogP contribution in [0.5, 0.6) is 5.75 Å². The van der Waals surface area contributed by atoms with Gasteiger partial charge in [-0.25, -0.2) is 21.3 Å². The minimum Gasteiger partial charge on any atom is -0.404 e. The molecule has 1 aliphatic heterocycles. The molecular weight excluding hydrogens is 797 g/mol. The van der Waals surface area contributed by atoms with Crippen LogP contribution in [-0.2, 0) is 23.1 Å². The Labute approximate surface area is 260 Å². The molecule has 3 amide bonds. The van der Waals surface area contributed by atoms with Gasteiger partial charge in [0.1, 0.15) is 17.4 Å². The molecule has 1 atom stereocenters. The van der Waals surface area contributed by atoms with Crippen LogP contribution >= 0.6 is 64.9 Å². The lowest BCUT2D eigenvalue weighted by Crippen LogP contribution is -2.54. The summed E-state index contributed by atoms with van der Waals surface area (Å²) in [6.45, 7) is 1.35. The van der Waals surface area contributed by atoms with Crippen LogP contribution in [0.25, 0.3) is 0 Å². The van der Waals surface area contributed by atoms with Gasteiger partial charge in [0, 0.05) is 50.9 Å². The van der Waals surface area contributed by atoms with Gasteiger partial charge in [-0.3, -0.25) is 14.6 Å². The first-order valence-corrected chi connectivity index (χ1v) is 15.4. The monoisotopic (exact) mass is 817 g/mol. The summed E-state index contributed by atoms with van der Waals surface area (Å²) in [4.78, 5) is 46.1. The summed E-state index contributed by atoms with van der Waals surface area (Å²) in [6.07, 6.45) is 0.0649. The quantitative estimate of drug-likeness (QED) is 0.146. The lowest BCUT2D eigenvalue weighted by atomic mass is 9.81. The molecule has 1 heterocycles. The van der Waals surface area contributed by atoms with E-state index in [-0.39, 0.29) is 28.1 Å². The summed E-state index contributed by atoms with van der Waals surface area (Å²) in [6, 6.07) is 10.5. The van der Waals surface area contributed by atoms with Gasteiger partial charge in [0.05, 0.1) is 34.1 Å². The average molecular weight is 818 g/mol. The number of nitrogens with zero attached hydrogens (tertiary/aromatic N) is 2. The second kappa shape index (κ2) is 11.7. The highest BCUT2D eigenvalue weighted by molar-refractivity contribution is 14.1. The van der Waals surface area contributed by atoms with Crippen molar-refractivity contribution in [2.75, 3.05) is 10.2 Å². The molecule has 3 aromatic rings. The number of urea groups is 1. The maximum Gasteiger partial charge on any atom is 0.524 e. The van der Waals surface area contributed by atoms with Crippen LogP contribution in [0.1, 0.15) is 34.0 Å². The van der Waals surface area contributed by atoms with Crippen molar-refractivity contribution in [3.05, 3.63) is 91.0 Å². The zero-order chi connectivity index (χ0) is 29.6. The van der Waals surface area contributed by atoms with Crippen LogP contribution < -0.4 is 13.0 Å². The number of carbonyl (C=O) groups is 2. The molecule has 1 unspecified atom stereocenters. The molecule has 4 rings (SSSR count). The van der Waals surface area contributed by atoms with Crippen molar-refractivity contribution < 1.29 is 37.2 Å². The van der Waals surface area contributed by atoms with Crippen LogP contribution in [-0.4, -0.2) is 33.7 Å². The molecule has 0 bridgehead atoms. The number of hydrogen-bond donors (Lipinski definition) is 3. The Morgan fingerprint density at radius 3 is 2.40 bits per heavy atom. The third kappa shape index (κ3) is 6.09. The molecule has 0 spiro atoms. The first kappa shape index (κ1) is 30.9. The Balaban J connectivity index is 1.70. The van der Waals surface area contributed by atoms with Gasteiger partial charge in [-0.1, -0.05) is 23.7 Å². The van der Waals surface area contributed by atoms with Gasteiger partial charge in [0.15, 0.2) is 0 Å². The zero-order valence-electron chi connectivity index (χ0n) is 20.8. The summed E-state index contributed by atoms with van der Waals surface area (Å²) in [5.74, 6) is -2.39. The van der Waals surface area contributed by atoms with E-state index in [1.54, 1.807) is 26.1 Å². The Morgan fingerprint density at radius 1 is 1.15 bits per heavy atom. The van der Waals surface area contributed by atoms with E-state index in [0.29, 0.717) is 14.8 Å². The van der Waals surface area contributed by atoms with Crippen LogP contribution in [0.3, 0.4) is 0 Å². The number of halogens is 5. The van der Waals surface area contributed by atoms with Gasteiger partial charge in [-0.2, -0.15) is 0 Å². The lowest BCUT2D eigenvalue weighted by molar-refractivity contribution is 0.0949. The molecular formula is C25H21ClF2I2N3O6P. The van der Waals surface area contributed by atoms with Gasteiger partial charge < -0.3 is 14.7 Å². The highest BCUT2D eigenvalue weighted by atomic mass is 127. The number of fused-ring (bicyclic) bond motifs is 1. The summed E-state index contributed by atoms with van der Waals surface area (Å²) < 4.78 is 47.0. The van der Waals surface area contributed by atoms with E-state index in [1.165, 1.54) is 38.3 Å². The van der Waals surface area contributed by atoms with Gasteiger partial charge in [0.25, 0.3) is 5.91 Å². The van der Waals surface area contributed by atoms with E-state index in [4.69, 9.17) is 21.4 Å². The summed E-state index contributed by atoms with van der Waals surface area (Å²) in [7, 11) is -3.37. The molecule has 0 saturated carbocycles. The molecule has 9 nitrogen and oxygen atoms in total. The number of phosphoric acid groups is 1. The minimum atomic E-state index is -4.98. The van der Waals surface area contributed by atoms with E-state index < -0.39 is 49.2 Å². The Bertz CT molecular complexity index is 1560. The van der Waals surface area contributed by atoms with Crippen molar-refractivity contribution in [2.24, 2.45) is 0 Å². The number of amides is 3. The number of benzene rings is 3. The van der Waals surface area contributed by atoms with Crippen LogP contribution in [0.15, 0.2) is 48.5 Å². The number of rotatable bonds is 7. The van der Waals surface area contributed by atoms with Gasteiger partial charge in [-0.05, 0) is 65.9 Å². The van der Waals surface area contributed by atoms with Crippen LogP contribution in [0.2, 0.25) is 5.02 Å². The maximum atomic E-state index is 14.8. The summed E-state index contributed by atoms with van der Waals surface area (Å²) in [5.41, 5.74) is 0.178. The minimum absolute atomic E-state index is 0.0649. The highest BCUT2D eigenvalue weighted by Crippen LogP contribution is 2.47. The van der Waals surface area contributed by atoms with Crippen LogP contribution in [0, 0.1) is 15.2 Å². The Morgan fingerprint density at radius 2 is 1.77 bits per heavy atom. The van der Waals surface area contributed by atoms with Crippen molar-refractivity contribution in [1.29, 1.82) is 0 Å². The molecule has 1 aliphatic rings. The molecule has 0 aromatic heterocycles. The molecule has 212 valence electrons. The second-order valence-electron chi connectivity index (χ2n) is 9.11. The molecule has 3 N–H and O–H groups in total. The third-order valence-corrected chi connectivity index (χ3v) is 9.15. The first-order chi connectivity index (χ1) is 18.6. The fourth-order valence-electron chi connectivity index (χ4n) is 4.47.